The lowest BCUT2D eigenvalue weighted by Gasteiger charge is -2.24. The summed E-state index contributed by atoms with van der Waals surface area (Å²) in [7, 11) is 2.24. The van der Waals surface area contributed by atoms with E-state index in [4.69, 9.17) is 0 Å². The van der Waals surface area contributed by atoms with Gasteiger partial charge in [-0.1, -0.05) is 28.1 Å². The van der Waals surface area contributed by atoms with E-state index in [1.807, 2.05) is 12.3 Å². The molecule has 3 nitrogen and oxygen atoms in total. The van der Waals surface area contributed by atoms with Crippen LogP contribution in [0, 0.1) is 0 Å². The van der Waals surface area contributed by atoms with E-state index in [0.717, 1.165) is 29.1 Å². The van der Waals surface area contributed by atoms with E-state index in [-0.39, 0.29) is 0 Å². The molecule has 0 amide bonds. The molecule has 0 bridgehead atoms. The molecule has 1 atom stereocenters. The number of pyridine rings is 1. The molecule has 1 aliphatic carbocycles. The van der Waals surface area contributed by atoms with Crippen LogP contribution in [0.3, 0.4) is 0 Å². The van der Waals surface area contributed by atoms with Crippen LogP contribution in [0.1, 0.15) is 25.3 Å². The van der Waals surface area contributed by atoms with Gasteiger partial charge in [0.05, 0.1) is 5.52 Å². The lowest BCUT2D eigenvalue weighted by atomic mass is 10.1. The highest BCUT2D eigenvalue weighted by Crippen LogP contribution is 2.27. The smallest absolute Gasteiger partial charge is 0.0758 e. The second kappa shape index (κ2) is 6.42. The number of nitrogens with zero attached hydrogens (tertiary/aromatic N) is 2. The van der Waals surface area contributed by atoms with Crippen LogP contribution in [0.5, 0.6) is 0 Å². The van der Waals surface area contributed by atoms with Crippen LogP contribution in [0.2, 0.25) is 0 Å². The lowest BCUT2D eigenvalue weighted by molar-refractivity contribution is 0.241. The molecular formula is C17H22BrN3. The second-order valence-corrected chi connectivity index (χ2v) is 6.84. The molecule has 2 aromatic rings. The number of nitrogens with one attached hydrogen (secondary N) is 1. The van der Waals surface area contributed by atoms with Gasteiger partial charge in [-0.2, -0.15) is 0 Å². The second-order valence-electron chi connectivity index (χ2n) is 5.98. The molecule has 3 rings (SSSR count). The first-order valence-corrected chi connectivity index (χ1v) is 8.41. The van der Waals surface area contributed by atoms with Crippen molar-refractivity contribution in [2.45, 2.75) is 38.4 Å². The standard InChI is InChI=1S/C17H22BrN3/c1-12(21(2)14-6-7-14)10-19-11-13-5-8-16(18)15-4-3-9-20-17(13)15/h3-5,8-9,12,14,19H,6-7,10-11H2,1-2H3. The Morgan fingerprint density at radius 1 is 1.38 bits per heavy atom. The minimum Gasteiger partial charge on any atom is -0.311 e. The highest BCUT2D eigenvalue weighted by Gasteiger charge is 2.28. The maximum atomic E-state index is 4.53. The quantitative estimate of drug-likeness (QED) is 0.865. The molecule has 0 saturated heterocycles. The molecule has 112 valence electrons. The first-order valence-electron chi connectivity index (χ1n) is 7.61. The number of halogens is 1. The minimum absolute atomic E-state index is 0.576. The summed E-state index contributed by atoms with van der Waals surface area (Å²) in [5.41, 5.74) is 2.35. The molecule has 4 heteroatoms. The van der Waals surface area contributed by atoms with Crippen LogP contribution >= 0.6 is 15.9 Å². The molecule has 1 unspecified atom stereocenters. The number of hydrogen-bond donors (Lipinski definition) is 1. The molecule has 1 aromatic carbocycles. The van der Waals surface area contributed by atoms with E-state index in [2.05, 4.69) is 63.3 Å². The van der Waals surface area contributed by atoms with Crippen molar-refractivity contribution in [3.8, 4) is 0 Å². The highest BCUT2D eigenvalue weighted by atomic mass is 79.9. The molecule has 1 aliphatic rings. The Morgan fingerprint density at radius 3 is 2.95 bits per heavy atom. The van der Waals surface area contributed by atoms with Crippen LogP contribution in [-0.2, 0) is 6.54 Å². The Kier molecular flexibility index (Phi) is 4.57. The van der Waals surface area contributed by atoms with E-state index in [9.17, 15) is 0 Å². The topological polar surface area (TPSA) is 28.2 Å². The third-order valence-electron chi connectivity index (χ3n) is 4.37. The molecule has 21 heavy (non-hydrogen) atoms. The maximum absolute atomic E-state index is 4.53. The molecule has 1 aromatic heterocycles. The average Bonchev–Trinajstić information content (AvgIpc) is 3.34. The van der Waals surface area contributed by atoms with E-state index < -0.39 is 0 Å². The predicted octanol–water partition coefficient (Wildman–Crippen LogP) is 3.57. The zero-order chi connectivity index (χ0) is 14.8. The first-order chi connectivity index (χ1) is 10.2. The molecular weight excluding hydrogens is 326 g/mol. The Labute approximate surface area is 134 Å². The highest BCUT2D eigenvalue weighted by molar-refractivity contribution is 9.10. The van der Waals surface area contributed by atoms with Gasteiger partial charge in [-0.05, 0) is 44.5 Å². The maximum Gasteiger partial charge on any atom is 0.0758 e. The summed E-state index contributed by atoms with van der Waals surface area (Å²) in [5.74, 6) is 0. The number of hydrogen-bond acceptors (Lipinski definition) is 3. The van der Waals surface area contributed by atoms with Gasteiger partial charge in [-0.25, -0.2) is 0 Å². The van der Waals surface area contributed by atoms with E-state index in [1.54, 1.807) is 0 Å². The van der Waals surface area contributed by atoms with E-state index in [0.29, 0.717) is 6.04 Å². The fraction of sp³-hybridized carbons (Fsp3) is 0.471. The third kappa shape index (κ3) is 3.44. The molecule has 1 heterocycles. The summed E-state index contributed by atoms with van der Waals surface area (Å²) in [6.07, 6.45) is 4.59. The van der Waals surface area contributed by atoms with Crippen molar-refractivity contribution >= 4 is 26.8 Å². The normalized spacial score (nSPS) is 16.6. The SMILES string of the molecule is CC(CNCc1ccc(Br)c2cccnc12)N(C)C1CC1. The fourth-order valence-electron chi connectivity index (χ4n) is 2.74. The molecule has 0 spiro atoms. The van der Waals surface area contributed by atoms with Crippen LogP contribution in [-0.4, -0.2) is 35.6 Å². The van der Waals surface area contributed by atoms with Gasteiger partial charge in [0.25, 0.3) is 0 Å². The Hall–Kier alpha value is -0.970. The fourth-order valence-corrected chi connectivity index (χ4v) is 3.19. The predicted molar refractivity (Wildman–Crippen MR) is 91.4 cm³/mol. The minimum atomic E-state index is 0.576. The summed E-state index contributed by atoms with van der Waals surface area (Å²) in [6.45, 7) is 4.17. The number of rotatable bonds is 6. The van der Waals surface area contributed by atoms with Gasteiger partial charge in [-0.3, -0.25) is 9.88 Å². The van der Waals surface area contributed by atoms with Gasteiger partial charge >= 0.3 is 0 Å². The zero-order valence-electron chi connectivity index (χ0n) is 12.6. The summed E-state index contributed by atoms with van der Waals surface area (Å²) in [4.78, 5) is 7.02. The van der Waals surface area contributed by atoms with Gasteiger partial charge in [0, 0.05) is 41.2 Å². The monoisotopic (exact) mass is 347 g/mol. The number of aromatic nitrogens is 1. The summed E-state index contributed by atoms with van der Waals surface area (Å²) in [5, 5.41) is 4.76. The zero-order valence-corrected chi connectivity index (χ0v) is 14.2. The molecule has 0 aliphatic heterocycles. The van der Waals surface area contributed by atoms with Crippen molar-refractivity contribution in [3.05, 3.63) is 40.5 Å². The Morgan fingerprint density at radius 2 is 2.19 bits per heavy atom. The van der Waals surface area contributed by atoms with Gasteiger partial charge in [0.15, 0.2) is 0 Å². The van der Waals surface area contributed by atoms with E-state index >= 15 is 0 Å². The van der Waals surface area contributed by atoms with Crippen molar-refractivity contribution in [1.29, 1.82) is 0 Å². The molecule has 0 radical (unpaired) electrons. The Bertz CT molecular complexity index is 624. The van der Waals surface area contributed by atoms with Crippen LogP contribution in [0.15, 0.2) is 34.9 Å². The summed E-state index contributed by atoms with van der Waals surface area (Å²) < 4.78 is 1.11. The van der Waals surface area contributed by atoms with Gasteiger partial charge in [-0.15, -0.1) is 0 Å². The summed E-state index contributed by atoms with van der Waals surface area (Å²) in [6, 6.07) is 9.75. The number of fused-ring (bicyclic) bond motifs is 1. The van der Waals surface area contributed by atoms with Crippen molar-refractivity contribution in [3.63, 3.8) is 0 Å². The lowest BCUT2D eigenvalue weighted by Crippen LogP contribution is -2.38. The van der Waals surface area contributed by atoms with Crippen molar-refractivity contribution < 1.29 is 0 Å². The third-order valence-corrected chi connectivity index (χ3v) is 5.06. The van der Waals surface area contributed by atoms with Crippen molar-refractivity contribution in [2.24, 2.45) is 0 Å². The molecule has 1 N–H and O–H groups in total. The van der Waals surface area contributed by atoms with E-state index in [1.165, 1.54) is 23.8 Å². The Balaban J connectivity index is 1.64. The number of benzene rings is 1. The van der Waals surface area contributed by atoms with Crippen LogP contribution < -0.4 is 5.32 Å². The van der Waals surface area contributed by atoms with Crippen LogP contribution in [0.25, 0.3) is 10.9 Å². The molecule has 1 saturated carbocycles. The van der Waals surface area contributed by atoms with Gasteiger partial charge in [0.1, 0.15) is 0 Å². The average molecular weight is 348 g/mol. The summed E-state index contributed by atoms with van der Waals surface area (Å²) >= 11 is 3.60. The number of likely N-dealkylation sites (N-methyl/N-ethyl adjacent to an activating group) is 1. The largest absolute Gasteiger partial charge is 0.311 e. The van der Waals surface area contributed by atoms with Crippen LogP contribution in [0.4, 0.5) is 0 Å². The van der Waals surface area contributed by atoms with Gasteiger partial charge in [0.2, 0.25) is 0 Å². The first kappa shape index (κ1) is 14.9. The molecule has 1 fully saturated rings. The van der Waals surface area contributed by atoms with Gasteiger partial charge < -0.3 is 5.32 Å². The van der Waals surface area contributed by atoms with Crippen molar-refractivity contribution in [2.75, 3.05) is 13.6 Å². The van der Waals surface area contributed by atoms with Crippen molar-refractivity contribution in [1.82, 2.24) is 15.2 Å².